The minimum absolute atomic E-state index is 0.158. The van der Waals surface area contributed by atoms with Crippen LogP contribution in [0, 0.1) is 6.92 Å². The second-order valence-electron chi connectivity index (χ2n) is 4.61. The molecule has 0 heterocycles. The highest BCUT2D eigenvalue weighted by Crippen LogP contribution is 2.20. The lowest BCUT2D eigenvalue weighted by Gasteiger charge is -2.23. The summed E-state index contributed by atoms with van der Waals surface area (Å²) in [6, 6.07) is 8.18. The van der Waals surface area contributed by atoms with Crippen molar-refractivity contribution in [1.82, 2.24) is 0 Å². The fraction of sp³-hybridized carbons (Fsp3) is 0.533. The van der Waals surface area contributed by atoms with Crippen molar-refractivity contribution in [2.45, 2.75) is 33.2 Å². The summed E-state index contributed by atoms with van der Waals surface area (Å²) in [5.41, 5.74) is 8.00. The molecule has 0 aliphatic rings. The Balaban J connectivity index is 2.60. The van der Waals surface area contributed by atoms with Gasteiger partial charge in [-0.1, -0.05) is 25.1 Å². The first-order chi connectivity index (χ1) is 9.10. The molecule has 0 spiro atoms. The maximum Gasteiger partial charge on any atom is 0.236 e. The van der Waals surface area contributed by atoms with Crippen molar-refractivity contribution in [3.8, 4) is 0 Å². The molecule has 0 aromatic heterocycles. The third-order valence-corrected chi connectivity index (χ3v) is 4.22. The molecule has 0 saturated carbocycles. The number of hydrogen-bond donors (Lipinski definition) is 1. The molecule has 2 N–H and O–H groups in total. The van der Waals surface area contributed by atoms with E-state index in [0.717, 1.165) is 23.4 Å². The molecule has 4 heteroatoms. The summed E-state index contributed by atoms with van der Waals surface area (Å²) in [6.07, 6.45) is 0.955. The maximum absolute atomic E-state index is 12.3. The quantitative estimate of drug-likeness (QED) is 0.835. The highest BCUT2D eigenvalue weighted by atomic mass is 32.2. The minimum atomic E-state index is 0.158. The average molecular weight is 280 g/mol. The van der Waals surface area contributed by atoms with Crippen LogP contribution in [-0.2, 0) is 4.79 Å². The van der Waals surface area contributed by atoms with Gasteiger partial charge in [0, 0.05) is 24.0 Å². The Morgan fingerprint density at radius 2 is 2.05 bits per heavy atom. The summed E-state index contributed by atoms with van der Waals surface area (Å²) in [4.78, 5) is 14.1. The first-order valence-electron chi connectivity index (χ1n) is 6.79. The van der Waals surface area contributed by atoms with E-state index in [4.69, 9.17) is 5.73 Å². The molecule has 0 saturated heterocycles. The molecule has 1 aromatic rings. The SMILES string of the molecule is CCC(N)CSCC(=O)N(CC)c1ccccc1C. The van der Waals surface area contributed by atoms with Gasteiger partial charge in [-0.05, 0) is 31.9 Å². The highest BCUT2D eigenvalue weighted by Gasteiger charge is 2.15. The summed E-state index contributed by atoms with van der Waals surface area (Å²) >= 11 is 1.62. The molecule has 1 atom stereocenters. The number of para-hydroxylation sites is 1. The maximum atomic E-state index is 12.3. The molecule has 1 amide bonds. The van der Waals surface area contributed by atoms with Crippen molar-refractivity contribution < 1.29 is 4.79 Å². The largest absolute Gasteiger partial charge is 0.327 e. The van der Waals surface area contributed by atoms with Crippen molar-refractivity contribution in [3.05, 3.63) is 29.8 Å². The van der Waals surface area contributed by atoms with Gasteiger partial charge in [0.15, 0.2) is 0 Å². The Kier molecular flexibility index (Phi) is 6.95. The van der Waals surface area contributed by atoms with Crippen molar-refractivity contribution in [2.24, 2.45) is 5.73 Å². The number of aryl methyl sites for hydroxylation is 1. The van der Waals surface area contributed by atoms with Gasteiger partial charge in [-0.2, -0.15) is 11.8 Å². The number of nitrogens with zero attached hydrogens (tertiary/aromatic N) is 1. The predicted octanol–water partition coefficient (Wildman–Crippen LogP) is 2.82. The number of rotatable bonds is 7. The van der Waals surface area contributed by atoms with Crippen LogP contribution in [0.4, 0.5) is 5.69 Å². The number of anilines is 1. The Morgan fingerprint density at radius 3 is 2.63 bits per heavy atom. The zero-order chi connectivity index (χ0) is 14.3. The van der Waals surface area contributed by atoms with Crippen LogP contribution < -0.4 is 10.6 Å². The minimum Gasteiger partial charge on any atom is -0.327 e. The van der Waals surface area contributed by atoms with Crippen molar-refractivity contribution >= 4 is 23.4 Å². The van der Waals surface area contributed by atoms with E-state index in [1.54, 1.807) is 11.8 Å². The third-order valence-electron chi connectivity index (χ3n) is 3.11. The standard InChI is InChI=1S/C15H24N2OS/c1-4-13(16)10-19-11-15(18)17(5-2)14-9-7-6-8-12(14)3/h6-9,13H,4-5,10-11,16H2,1-3H3. The van der Waals surface area contributed by atoms with Crippen molar-refractivity contribution in [1.29, 1.82) is 0 Å². The van der Waals surface area contributed by atoms with Crippen LogP contribution in [0.2, 0.25) is 0 Å². The van der Waals surface area contributed by atoms with Gasteiger partial charge < -0.3 is 10.6 Å². The Bertz CT molecular complexity index is 409. The van der Waals surface area contributed by atoms with E-state index in [0.29, 0.717) is 12.3 Å². The van der Waals surface area contributed by atoms with Gasteiger partial charge in [0.1, 0.15) is 0 Å². The van der Waals surface area contributed by atoms with E-state index in [9.17, 15) is 4.79 Å². The summed E-state index contributed by atoms with van der Waals surface area (Å²) in [7, 11) is 0. The Morgan fingerprint density at radius 1 is 1.37 bits per heavy atom. The number of nitrogens with two attached hydrogens (primary N) is 1. The number of hydrogen-bond acceptors (Lipinski definition) is 3. The molecular formula is C15H24N2OS. The molecular weight excluding hydrogens is 256 g/mol. The van der Waals surface area contributed by atoms with Crippen LogP contribution >= 0.6 is 11.8 Å². The highest BCUT2D eigenvalue weighted by molar-refractivity contribution is 8.00. The van der Waals surface area contributed by atoms with E-state index in [2.05, 4.69) is 6.92 Å². The molecule has 1 aromatic carbocycles. The zero-order valence-corrected chi connectivity index (χ0v) is 12.9. The van der Waals surface area contributed by atoms with Gasteiger partial charge in [-0.3, -0.25) is 4.79 Å². The van der Waals surface area contributed by atoms with Gasteiger partial charge in [0.05, 0.1) is 5.75 Å². The molecule has 19 heavy (non-hydrogen) atoms. The summed E-state index contributed by atoms with van der Waals surface area (Å²) in [6.45, 7) is 6.81. The van der Waals surface area contributed by atoms with Gasteiger partial charge in [-0.15, -0.1) is 0 Å². The van der Waals surface area contributed by atoms with E-state index in [1.165, 1.54) is 0 Å². The monoisotopic (exact) mass is 280 g/mol. The van der Waals surface area contributed by atoms with E-state index >= 15 is 0 Å². The third kappa shape index (κ3) is 4.88. The number of amides is 1. The first-order valence-corrected chi connectivity index (χ1v) is 7.94. The second kappa shape index (κ2) is 8.23. The lowest BCUT2D eigenvalue weighted by molar-refractivity contribution is -0.116. The number of benzene rings is 1. The van der Waals surface area contributed by atoms with Crippen LogP contribution in [0.25, 0.3) is 0 Å². The summed E-state index contributed by atoms with van der Waals surface area (Å²) in [5.74, 6) is 1.49. The Hall–Kier alpha value is -1.00. The van der Waals surface area contributed by atoms with Gasteiger partial charge in [0.25, 0.3) is 0 Å². The molecule has 0 aliphatic heterocycles. The predicted molar refractivity (Wildman–Crippen MR) is 84.8 cm³/mol. The van der Waals surface area contributed by atoms with Crippen LogP contribution in [0.5, 0.6) is 0 Å². The van der Waals surface area contributed by atoms with Gasteiger partial charge in [-0.25, -0.2) is 0 Å². The topological polar surface area (TPSA) is 46.3 Å². The number of thioether (sulfide) groups is 1. The van der Waals surface area contributed by atoms with Crippen LogP contribution in [0.15, 0.2) is 24.3 Å². The molecule has 3 nitrogen and oxygen atoms in total. The van der Waals surface area contributed by atoms with Crippen molar-refractivity contribution in [2.75, 3.05) is 23.0 Å². The molecule has 0 bridgehead atoms. The molecule has 1 rings (SSSR count). The number of carbonyl (C=O) groups excluding carboxylic acids is 1. The smallest absolute Gasteiger partial charge is 0.236 e. The Labute approximate surface area is 120 Å². The average Bonchev–Trinajstić information content (AvgIpc) is 2.41. The fourth-order valence-electron chi connectivity index (χ4n) is 1.84. The molecule has 106 valence electrons. The van der Waals surface area contributed by atoms with E-state index in [-0.39, 0.29) is 11.9 Å². The second-order valence-corrected chi connectivity index (χ2v) is 5.64. The fourth-order valence-corrected chi connectivity index (χ4v) is 2.83. The molecule has 0 aliphatic carbocycles. The van der Waals surface area contributed by atoms with Crippen molar-refractivity contribution in [3.63, 3.8) is 0 Å². The van der Waals surface area contributed by atoms with Gasteiger partial charge in [0.2, 0.25) is 5.91 Å². The van der Waals surface area contributed by atoms with E-state index in [1.807, 2.05) is 43.0 Å². The molecule has 0 fully saturated rings. The van der Waals surface area contributed by atoms with E-state index < -0.39 is 0 Å². The molecule has 0 radical (unpaired) electrons. The molecule has 1 unspecified atom stereocenters. The van der Waals surface area contributed by atoms with Crippen LogP contribution in [0.1, 0.15) is 25.8 Å². The van der Waals surface area contributed by atoms with Crippen LogP contribution in [0.3, 0.4) is 0 Å². The normalized spacial score (nSPS) is 12.2. The van der Waals surface area contributed by atoms with Crippen LogP contribution in [-0.4, -0.2) is 30.0 Å². The summed E-state index contributed by atoms with van der Waals surface area (Å²) in [5, 5.41) is 0. The lowest BCUT2D eigenvalue weighted by Crippen LogP contribution is -2.33. The zero-order valence-electron chi connectivity index (χ0n) is 12.1. The first kappa shape index (κ1) is 16.1. The number of carbonyl (C=O) groups is 1. The van der Waals surface area contributed by atoms with Gasteiger partial charge >= 0.3 is 0 Å². The summed E-state index contributed by atoms with van der Waals surface area (Å²) < 4.78 is 0. The lowest BCUT2D eigenvalue weighted by atomic mass is 10.2.